The third-order valence-electron chi connectivity index (χ3n) is 2.26. The monoisotopic (exact) mass is 226 g/mol. The van der Waals surface area contributed by atoms with E-state index in [1.807, 2.05) is 0 Å². The largest absolute Gasteiger partial charge is 0.104 e. The molecule has 0 aliphatic carbocycles. The van der Waals surface area contributed by atoms with Crippen LogP contribution in [0.3, 0.4) is 0 Å². The van der Waals surface area contributed by atoms with Crippen LogP contribution in [0.15, 0.2) is 0 Å². The van der Waals surface area contributed by atoms with Crippen molar-refractivity contribution in [2.45, 2.75) is 64.7 Å². The van der Waals surface area contributed by atoms with Gasteiger partial charge in [0.05, 0.1) is 0 Å². The highest BCUT2D eigenvalue weighted by Crippen LogP contribution is 2.03. The SMILES string of the molecule is C[Si](C)=CCCCCCCC=[Si](C)C. The molecule has 0 unspecified atom stereocenters. The molecule has 0 rings (SSSR count). The molecule has 0 fully saturated rings. The molecule has 0 aromatic rings. The van der Waals surface area contributed by atoms with Crippen LogP contribution in [0.2, 0.25) is 26.2 Å². The Kier molecular flexibility index (Phi) is 9.84. The summed E-state index contributed by atoms with van der Waals surface area (Å²) in [5.41, 5.74) is 5.08. The van der Waals surface area contributed by atoms with Gasteiger partial charge in [-0.25, -0.2) is 0 Å². The molecule has 82 valence electrons. The normalized spacial score (nSPS) is 9.71. The van der Waals surface area contributed by atoms with Gasteiger partial charge >= 0.3 is 0 Å². The van der Waals surface area contributed by atoms with Crippen LogP contribution in [0.4, 0.5) is 0 Å². The van der Waals surface area contributed by atoms with E-state index in [1.54, 1.807) is 0 Å². The molecule has 0 N–H and O–H groups in total. The maximum atomic E-state index is 2.54. The summed E-state index contributed by atoms with van der Waals surface area (Å²) in [6, 6.07) is 0. The molecule has 0 atom stereocenters. The van der Waals surface area contributed by atoms with Gasteiger partial charge in [0.25, 0.3) is 0 Å². The average Bonchev–Trinajstić information content (AvgIpc) is 2.08. The van der Waals surface area contributed by atoms with E-state index in [-0.39, 0.29) is 16.8 Å². The molecule has 0 aromatic heterocycles. The van der Waals surface area contributed by atoms with Crippen LogP contribution >= 0.6 is 0 Å². The molecule has 0 amide bonds. The Morgan fingerprint density at radius 3 is 1.29 bits per heavy atom. The second-order valence-electron chi connectivity index (χ2n) is 4.55. The minimum Gasteiger partial charge on any atom is -0.104 e. The summed E-state index contributed by atoms with van der Waals surface area (Å²) in [5, 5.41) is 0. The minimum atomic E-state index is -0.0699. The second-order valence-corrected chi connectivity index (χ2v) is 9.68. The summed E-state index contributed by atoms with van der Waals surface area (Å²) in [5.74, 6) is 0. The van der Waals surface area contributed by atoms with E-state index in [4.69, 9.17) is 0 Å². The lowest BCUT2D eigenvalue weighted by Gasteiger charge is -1.97. The third-order valence-corrected chi connectivity index (χ3v) is 4.47. The molecule has 0 nitrogen and oxygen atoms in total. The maximum absolute atomic E-state index is 2.54. The lowest BCUT2D eigenvalue weighted by Crippen LogP contribution is -1.93. The molecule has 0 saturated carbocycles. The van der Waals surface area contributed by atoms with Gasteiger partial charge in [-0.05, 0) is 29.7 Å². The molecular formula is C12H26Si2. The number of hydrogen-bond acceptors (Lipinski definition) is 0. The molecular weight excluding hydrogens is 200 g/mol. The zero-order valence-corrected chi connectivity index (χ0v) is 12.4. The first kappa shape index (κ1) is 14.2. The van der Waals surface area contributed by atoms with Crippen molar-refractivity contribution in [3.8, 4) is 0 Å². The third kappa shape index (κ3) is 12.2. The van der Waals surface area contributed by atoms with Crippen LogP contribution in [0.5, 0.6) is 0 Å². The Hall–Kier alpha value is 0.174. The van der Waals surface area contributed by atoms with Gasteiger partial charge in [0.2, 0.25) is 0 Å². The van der Waals surface area contributed by atoms with Crippen LogP contribution in [0.25, 0.3) is 0 Å². The molecule has 14 heavy (non-hydrogen) atoms. The van der Waals surface area contributed by atoms with Crippen LogP contribution in [-0.4, -0.2) is 28.2 Å². The molecule has 2 heteroatoms. The molecule has 0 bridgehead atoms. The molecule has 0 radical (unpaired) electrons. The van der Waals surface area contributed by atoms with Crippen molar-refractivity contribution in [3.63, 3.8) is 0 Å². The van der Waals surface area contributed by atoms with E-state index in [1.165, 1.54) is 38.5 Å². The zero-order valence-electron chi connectivity index (χ0n) is 10.4. The lowest BCUT2D eigenvalue weighted by molar-refractivity contribution is 0.673. The van der Waals surface area contributed by atoms with Gasteiger partial charge < -0.3 is 0 Å². The zero-order chi connectivity index (χ0) is 10.8. The minimum absolute atomic E-state index is 0.0699. The van der Waals surface area contributed by atoms with Crippen LogP contribution in [0.1, 0.15) is 38.5 Å². The standard InChI is InChI=1S/C12H26Si2/c1-13(2)11-9-7-5-6-8-10-12-14(3)4/h11-12H,5-10H2,1-4H3. The fourth-order valence-corrected chi connectivity index (χ4v) is 2.99. The van der Waals surface area contributed by atoms with E-state index >= 15 is 0 Å². The van der Waals surface area contributed by atoms with Crippen molar-refractivity contribution >= 4 is 28.2 Å². The maximum Gasteiger partial charge on any atom is -0.00133 e. The molecule has 0 spiro atoms. The molecule has 0 aliphatic rings. The second kappa shape index (κ2) is 9.72. The summed E-state index contributed by atoms with van der Waals surface area (Å²) in [4.78, 5) is 0. The Balaban J connectivity index is 3.15. The van der Waals surface area contributed by atoms with Crippen molar-refractivity contribution in [1.82, 2.24) is 0 Å². The predicted octanol–water partition coefficient (Wildman–Crippen LogP) is 3.60. The Bertz CT molecular complexity index is 162. The Labute approximate surface area is 93.2 Å². The topological polar surface area (TPSA) is 0 Å². The van der Waals surface area contributed by atoms with Crippen molar-refractivity contribution < 1.29 is 0 Å². The van der Waals surface area contributed by atoms with E-state index < -0.39 is 0 Å². The first-order valence-electron chi connectivity index (χ1n) is 5.89. The van der Waals surface area contributed by atoms with Crippen LogP contribution in [-0.2, 0) is 0 Å². The quantitative estimate of drug-likeness (QED) is 0.460. The Morgan fingerprint density at radius 1 is 0.643 bits per heavy atom. The Morgan fingerprint density at radius 2 is 1.00 bits per heavy atom. The van der Waals surface area contributed by atoms with Crippen molar-refractivity contribution in [2.75, 3.05) is 0 Å². The summed E-state index contributed by atoms with van der Waals surface area (Å²) < 4.78 is 0. The highest BCUT2D eigenvalue weighted by molar-refractivity contribution is 6.63. The number of unbranched alkanes of at least 4 members (excludes halogenated alkanes) is 5. The van der Waals surface area contributed by atoms with E-state index in [0.29, 0.717) is 0 Å². The van der Waals surface area contributed by atoms with Gasteiger partial charge in [-0.2, -0.15) is 0 Å². The summed E-state index contributed by atoms with van der Waals surface area (Å²) in [6.07, 6.45) is 8.45. The first-order chi connectivity index (χ1) is 6.63. The van der Waals surface area contributed by atoms with Gasteiger partial charge in [-0.3, -0.25) is 0 Å². The van der Waals surface area contributed by atoms with E-state index in [9.17, 15) is 0 Å². The number of rotatable bonds is 7. The van der Waals surface area contributed by atoms with Gasteiger partial charge in [0, 0.05) is 0 Å². The van der Waals surface area contributed by atoms with E-state index in [0.717, 1.165) is 0 Å². The van der Waals surface area contributed by atoms with Gasteiger partial charge in [-0.1, -0.05) is 51.9 Å². The van der Waals surface area contributed by atoms with Crippen molar-refractivity contribution in [3.05, 3.63) is 0 Å². The highest BCUT2D eigenvalue weighted by atomic mass is 28.2. The predicted molar refractivity (Wildman–Crippen MR) is 74.8 cm³/mol. The average molecular weight is 227 g/mol. The summed E-state index contributed by atoms with van der Waals surface area (Å²) in [7, 11) is -0.140. The molecule has 0 aliphatic heterocycles. The fourth-order valence-electron chi connectivity index (χ4n) is 1.42. The summed E-state index contributed by atoms with van der Waals surface area (Å²) >= 11 is 0. The van der Waals surface area contributed by atoms with Gasteiger partial charge in [0.15, 0.2) is 0 Å². The fraction of sp³-hybridized carbons (Fsp3) is 0.833. The lowest BCUT2D eigenvalue weighted by atomic mass is 10.1. The first-order valence-corrected chi connectivity index (χ1v) is 11.0. The molecule has 0 aromatic carbocycles. The van der Waals surface area contributed by atoms with Crippen LogP contribution in [0, 0.1) is 0 Å². The highest BCUT2D eigenvalue weighted by Gasteiger charge is 1.88. The van der Waals surface area contributed by atoms with Crippen molar-refractivity contribution in [2.24, 2.45) is 0 Å². The van der Waals surface area contributed by atoms with E-state index in [2.05, 4.69) is 37.5 Å². The van der Waals surface area contributed by atoms with Gasteiger partial charge in [0.1, 0.15) is 0 Å². The number of hydrogen-bond donors (Lipinski definition) is 0. The summed E-state index contributed by atoms with van der Waals surface area (Å²) in [6.45, 7) is 9.47. The molecule has 0 heterocycles. The van der Waals surface area contributed by atoms with Crippen LogP contribution < -0.4 is 0 Å². The smallest absolute Gasteiger partial charge is 0.00133 e. The molecule has 0 saturated heterocycles. The van der Waals surface area contributed by atoms with Gasteiger partial charge in [-0.15, -0.1) is 11.3 Å². The van der Waals surface area contributed by atoms with Crippen molar-refractivity contribution in [1.29, 1.82) is 0 Å².